The molecule has 1 N–H and O–H groups in total. The molecule has 144 valence electrons. The smallest absolute Gasteiger partial charge is 0.220 e. The van der Waals surface area contributed by atoms with Gasteiger partial charge >= 0.3 is 0 Å². The minimum Gasteiger partial charge on any atom is -0.497 e. The van der Waals surface area contributed by atoms with Gasteiger partial charge in [-0.05, 0) is 61.2 Å². The summed E-state index contributed by atoms with van der Waals surface area (Å²) in [7, 11) is 1.66. The number of aryl methyl sites for hydroxylation is 1. The maximum atomic E-state index is 12.2. The lowest BCUT2D eigenvalue weighted by molar-refractivity contribution is -0.121. The lowest BCUT2D eigenvalue weighted by Crippen LogP contribution is -2.29. The predicted octanol–water partition coefficient (Wildman–Crippen LogP) is 3.93. The zero-order chi connectivity index (χ0) is 18.9. The summed E-state index contributed by atoms with van der Waals surface area (Å²) in [5, 5.41) is 3.05. The van der Waals surface area contributed by atoms with Gasteiger partial charge in [0.05, 0.1) is 7.11 Å². The van der Waals surface area contributed by atoms with Gasteiger partial charge in [0.2, 0.25) is 5.91 Å². The summed E-state index contributed by atoms with van der Waals surface area (Å²) < 4.78 is 5.16. The fourth-order valence-corrected chi connectivity index (χ4v) is 3.55. The van der Waals surface area contributed by atoms with Gasteiger partial charge in [0, 0.05) is 19.5 Å². The summed E-state index contributed by atoms with van der Waals surface area (Å²) >= 11 is 0. The maximum absolute atomic E-state index is 12.2. The van der Waals surface area contributed by atoms with Crippen LogP contribution in [0.3, 0.4) is 0 Å². The fourth-order valence-electron chi connectivity index (χ4n) is 3.55. The molecule has 2 aromatic carbocycles. The average Bonchev–Trinajstić information content (AvgIpc) is 2.72. The molecular weight excluding hydrogens is 336 g/mol. The van der Waals surface area contributed by atoms with E-state index >= 15 is 0 Å². The maximum Gasteiger partial charge on any atom is 0.220 e. The number of amides is 1. The van der Waals surface area contributed by atoms with E-state index in [1.165, 1.54) is 43.5 Å². The van der Waals surface area contributed by atoms with Crippen LogP contribution < -0.4 is 10.1 Å². The minimum atomic E-state index is 0.0900. The SMILES string of the molecule is COc1ccc(CCC(=O)NCc2cccc(CN3CCCCC3)c2)cc1. The van der Waals surface area contributed by atoms with Gasteiger partial charge in [0.1, 0.15) is 5.75 Å². The molecule has 27 heavy (non-hydrogen) atoms. The molecule has 4 heteroatoms. The molecule has 3 rings (SSSR count). The Hall–Kier alpha value is -2.33. The Morgan fingerprint density at radius 2 is 1.74 bits per heavy atom. The van der Waals surface area contributed by atoms with Crippen molar-refractivity contribution in [3.63, 3.8) is 0 Å². The second-order valence-electron chi connectivity index (χ2n) is 7.28. The molecule has 0 saturated carbocycles. The number of ether oxygens (including phenoxy) is 1. The molecule has 2 aromatic rings. The van der Waals surface area contributed by atoms with E-state index in [1.807, 2.05) is 24.3 Å². The second-order valence-corrected chi connectivity index (χ2v) is 7.28. The summed E-state index contributed by atoms with van der Waals surface area (Å²) in [5.74, 6) is 0.930. The van der Waals surface area contributed by atoms with Crippen molar-refractivity contribution in [3.05, 3.63) is 65.2 Å². The van der Waals surface area contributed by atoms with Crippen molar-refractivity contribution in [2.24, 2.45) is 0 Å². The molecule has 0 radical (unpaired) electrons. The predicted molar refractivity (Wildman–Crippen MR) is 109 cm³/mol. The van der Waals surface area contributed by atoms with Gasteiger partial charge in [-0.2, -0.15) is 0 Å². The van der Waals surface area contributed by atoms with E-state index in [0.29, 0.717) is 13.0 Å². The van der Waals surface area contributed by atoms with Crippen LogP contribution in [0.4, 0.5) is 0 Å². The molecule has 1 heterocycles. The van der Waals surface area contributed by atoms with Crippen LogP contribution in [0.5, 0.6) is 5.75 Å². The third-order valence-electron chi connectivity index (χ3n) is 5.14. The number of likely N-dealkylation sites (tertiary alicyclic amines) is 1. The van der Waals surface area contributed by atoms with Gasteiger partial charge in [-0.15, -0.1) is 0 Å². The molecule has 1 aliphatic heterocycles. The Kier molecular flexibility index (Phi) is 7.28. The van der Waals surface area contributed by atoms with Gasteiger partial charge in [0.25, 0.3) is 0 Å². The first kappa shape index (κ1) is 19.4. The summed E-state index contributed by atoms with van der Waals surface area (Å²) in [6.45, 7) is 4.01. The summed E-state index contributed by atoms with van der Waals surface area (Å²) in [4.78, 5) is 14.7. The van der Waals surface area contributed by atoms with Crippen LogP contribution in [-0.4, -0.2) is 31.0 Å². The number of carbonyl (C=O) groups excluding carboxylic acids is 1. The Morgan fingerprint density at radius 3 is 2.48 bits per heavy atom. The number of methoxy groups -OCH3 is 1. The number of rotatable bonds is 8. The van der Waals surface area contributed by atoms with E-state index in [-0.39, 0.29) is 5.91 Å². The number of carbonyl (C=O) groups is 1. The second kappa shape index (κ2) is 10.1. The van der Waals surface area contributed by atoms with Gasteiger partial charge in [-0.1, -0.05) is 42.8 Å². The number of hydrogen-bond acceptors (Lipinski definition) is 3. The number of hydrogen-bond donors (Lipinski definition) is 1. The standard InChI is InChI=1S/C23H30N2O2/c1-27-22-11-8-19(9-12-22)10-13-23(26)24-17-20-6-5-7-21(16-20)18-25-14-3-2-4-15-25/h5-9,11-12,16H,2-4,10,13-15,17-18H2,1H3,(H,24,26). The number of nitrogens with one attached hydrogen (secondary N) is 1. The van der Waals surface area contributed by atoms with Crippen molar-refractivity contribution in [2.45, 2.75) is 45.2 Å². The largest absolute Gasteiger partial charge is 0.497 e. The lowest BCUT2D eigenvalue weighted by atomic mass is 10.1. The molecular formula is C23H30N2O2. The molecule has 0 atom stereocenters. The van der Waals surface area contributed by atoms with Crippen LogP contribution in [0.15, 0.2) is 48.5 Å². The zero-order valence-electron chi connectivity index (χ0n) is 16.2. The number of benzene rings is 2. The minimum absolute atomic E-state index is 0.0900. The van der Waals surface area contributed by atoms with E-state index in [1.54, 1.807) is 7.11 Å². The summed E-state index contributed by atoms with van der Waals surface area (Å²) in [5.41, 5.74) is 3.65. The zero-order valence-corrected chi connectivity index (χ0v) is 16.2. The van der Waals surface area contributed by atoms with Crippen LogP contribution >= 0.6 is 0 Å². The first-order valence-electron chi connectivity index (χ1n) is 9.93. The molecule has 0 aliphatic carbocycles. The van der Waals surface area contributed by atoms with Gasteiger partial charge in [-0.3, -0.25) is 9.69 Å². The van der Waals surface area contributed by atoms with Crippen molar-refractivity contribution in [1.82, 2.24) is 10.2 Å². The average molecular weight is 367 g/mol. The van der Waals surface area contributed by atoms with Crippen LogP contribution in [0, 0.1) is 0 Å². The van der Waals surface area contributed by atoms with E-state index in [2.05, 4.69) is 34.5 Å². The van der Waals surface area contributed by atoms with Crippen molar-refractivity contribution < 1.29 is 9.53 Å². The highest BCUT2D eigenvalue weighted by molar-refractivity contribution is 5.76. The van der Waals surface area contributed by atoms with E-state index in [9.17, 15) is 4.79 Å². The molecule has 0 spiro atoms. The summed E-state index contributed by atoms with van der Waals surface area (Å²) in [6, 6.07) is 16.5. The van der Waals surface area contributed by atoms with Crippen LogP contribution in [0.25, 0.3) is 0 Å². The highest BCUT2D eigenvalue weighted by Crippen LogP contribution is 2.15. The van der Waals surface area contributed by atoms with Gasteiger partial charge in [0.15, 0.2) is 0 Å². The van der Waals surface area contributed by atoms with Gasteiger partial charge in [-0.25, -0.2) is 0 Å². The Balaban J connectivity index is 1.43. The van der Waals surface area contributed by atoms with Crippen LogP contribution in [-0.2, 0) is 24.3 Å². The normalized spacial score (nSPS) is 14.7. The first-order chi connectivity index (χ1) is 13.2. The van der Waals surface area contributed by atoms with E-state index in [4.69, 9.17) is 4.74 Å². The quantitative estimate of drug-likeness (QED) is 0.770. The Bertz CT molecular complexity index is 721. The number of piperidine rings is 1. The van der Waals surface area contributed by atoms with Crippen molar-refractivity contribution in [2.75, 3.05) is 20.2 Å². The fraction of sp³-hybridized carbons (Fsp3) is 0.435. The molecule has 0 unspecified atom stereocenters. The molecule has 1 saturated heterocycles. The highest BCUT2D eigenvalue weighted by Gasteiger charge is 2.10. The summed E-state index contributed by atoms with van der Waals surface area (Å²) in [6.07, 6.45) is 5.22. The molecule has 0 bridgehead atoms. The van der Waals surface area contributed by atoms with Crippen molar-refractivity contribution in [1.29, 1.82) is 0 Å². The molecule has 4 nitrogen and oxygen atoms in total. The van der Waals surface area contributed by atoms with Crippen molar-refractivity contribution in [3.8, 4) is 5.75 Å². The Morgan fingerprint density at radius 1 is 1.00 bits per heavy atom. The van der Waals surface area contributed by atoms with Gasteiger partial charge < -0.3 is 10.1 Å². The highest BCUT2D eigenvalue weighted by atomic mass is 16.5. The van der Waals surface area contributed by atoms with Crippen LogP contribution in [0.1, 0.15) is 42.4 Å². The molecule has 1 fully saturated rings. The number of nitrogens with zero attached hydrogens (tertiary/aromatic N) is 1. The first-order valence-corrected chi connectivity index (χ1v) is 9.93. The topological polar surface area (TPSA) is 41.6 Å². The van der Waals surface area contributed by atoms with Crippen LogP contribution in [0.2, 0.25) is 0 Å². The third kappa shape index (κ3) is 6.40. The van der Waals surface area contributed by atoms with E-state index < -0.39 is 0 Å². The monoisotopic (exact) mass is 366 g/mol. The molecule has 0 aromatic heterocycles. The molecule has 1 amide bonds. The Labute approximate surface area is 162 Å². The third-order valence-corrected chi connectivity index (χ3v) is 5.14. The van der Waals surface area contributed by atoms with E-state index in [0.717, 1.165) is 24.3 Å². The molecule has 1 aliphatic rings. The lowest BCUT2D eigenvalue weighted by Gasteiger charge is -2.26. The van der Waals surface area contributed by atoms with Crippen molar-refractivity contribution >= 4 is 5.91 Å².